The van der Waals surface area contributed by atoms with Gasteiger partial charge in [-0.2, -0.15) is 5.10 Å². The van der Waals surface area contributed by atoms with Gasteiger partial charge in [0.05, 0.1) is 12.2 Å². The van der Waals surface area contributed by atoms with Crippen molar-refractivity contribution in [3.05, 3.63) is 23.3 Å². The van der Waals surface area contributed by atoms with E-state index in [1.54, 1.807) is 11.8 Å². The lowest BCUT2D eigenvalue weighted by atomic mass is 10.4. The normalized spacial score (nSPS) is 11.5. The number of hydrogen-bond donors (Lipinski definition) is 1. The summed E-state index contributed by atoms with van der Waals surface area (Å²) in [6, 6.07) is 2.40. The Balaban J connectivity index is 2.15. The van der Waals surface area contributed by atoms with Crippen molar-refractivity contribution in [3.8, 4) is 0 Å². The summed E-state index contributed by atoms with van der Waals surface area (Å²) in [4.78, 5) is 0. The number of nitrogens with two attached hydrogens (primary N) is 1. The van der Waals surface area contributed by atoms with Gasteiger partial charge in [-0.3, -0.25) is 4.68 Å². The molecule has 2 aromatic rings. The van der Waals surface area contributed by atoms with Crippen molar-refractivity contribution in [2.75, 3.05) is 0 Å². The van der Waals surface area contributed by atoms with Crippen LogP contribution in [0.3, 0.4) is 0 Å². The maximum absolute atomic E-state index is 5.69. The van der Waals surface area contributed by atoms with E-state index in [-0.39, 0.29) is 0 Å². The Kier molecular flexibility index (Phi) is 4.26. The fraction of sp³-hybridized carbons (Fsp3) is 0.583. The van der Waals surface area contributed by atoms with Crippen LogP contribution < -0.4 is 5.73 Å². The molecule has 19 heavy (non-hydrogen) atoms. The van der Waals surface area contributed by atoms with Crippen LogP contribution in [-0.2, 0) is 19.3 Å². The van der Waals surface area contributed by atoms with Crippen LogP contribution in [0.15, 0.2) is 11.2 Å². The number of aromatic nitrogens is 5. The predicted molar refractivity (Wildman–Crippen MR) is 75.8 cm³/mol. The fourth-order valence-electron chi connectivity index (χ4n) is 2.00. The molecule has 0 spiro atoms. The highest BCUT2D eigenvalue weighted by Crippen LogP contribution is 2.24. The van der Waals surface area contributed by atoms with Gasteiger partial charge in [-0.25, -0.2) is 0 Å². The van der Waals surface area contributed by atoms with Gasteiger partial charge < -0.3 is 10.3 Å². The van der Waals surface area contributed by atoms with Crippen LogP contribution >= 0.6 is 11.8 Å². The molecule has 0 unspecified atom stereocenters. The Morgan fingerprint density at radius 1 is 1.37 bits per heavy atom. The molecule has 0 aliphatic heterocycles. The molecule has 7 heteroatoms. The maximum Gasteiger partial charge on any atom is 0.191 e. The molecule has 0 aromatic carbocycles. The average molecular weight is 280 g/mol. The first-order chi connectivity index (χ1) is 9.02. The Labute approximate surface area is 117 Å². The molecule has 104 valence electrons. The van der Waals surface area contributed by atoms with Crippen molar-refractivity contribution in [3.63, 3.8) is 0 Å². The van der Waals surface area contributed by atoms with Crippen LogP contribution in [-0.4, -0.2) is 24.5 Å². The highest BCUT2D eigenvalue weighted by Gasteiger charge is 2.14. The van der Waals surface area contributed by atoms with Gasteiger partial charge in [0.2, 0.25) is 0 Å². The van der Waals surface area contributed by atoms with Crippen molar-refractivity contribution in [2.45, 2.75) is 44.3 Å². The van der Waals surface area contributed by atoms with E-state index in [4.69, 9.17) is 5.73 Å². The van der Waals surface area contributed by atoms with Gasteiger partial charge in [-0.1, -0.05) is 11.8 Å². The molecule has 0 saturated heterocycles. The number of nitrogens with zero attached hydrogens (tertiary/aromatic N) is 5. The zero-order chi connectivity index (χ0) is 14.0. The van der Waals surface area contributed by atoms with Crippen molar-refractivity contribution in [2.24, 2.45) is 12.8 Å². The largest absolute Gasteiger partial charge is 0.324 e. The summed E-state index contributed by atoms with van der Waals surface area (Å²) in [5.74, 6) is 1.66. The summed E-state index contributed by atoms with van der Waals surface area (Å²) in [7, 11) is 1.96. The van der Waals surface area contributed by atoms with Crippen LogP contribution in [0.5, 0.6) is 0 Å². The van der Waals surface area contributed by atoms with Crippen LogP contribution in [0.2, 0.25) is 0 Å². The zero-order valence-electron chi connectivity index (χ0n) is 11.8. The molecule has 0 fully saturated rings. The molecule has 2 N–H and O–H groups in total. The molecule has 0 bridgehead atoms. The molecule has 0 amide bonds. The topological polar surface area (TPSA) is 74.5 Å². The lowest BCUT2D eigenvalue weighted by Crippen LogP contribution is -2.11. The van der Waals surface area contributed by atoms with E-state index in [1.165, 1.54) is 5.69 Å². The van der Waals surface area contributed by atoms with Crippen molar-refractivity contribution >= 4 is 11.8 Å². The molecule has 0 aliphatic rings. The Morgan fingerprint density at radius 2 is 2.11 bits per heavy atom. The van der Waals surface area contributed by atoms with E-state index in [2.05, 4.69) is 39.8 Å². The first-order valence-corrected chi connectivity index (χ1v) is 7.27. The third-order valence-electron chi connectivity index (χ3n) is 2.88. The summed E-state index contributed by atoms with van der Waals surface area (Å²) in [5, 5.41) is 13.6. The Hall–Kier alpha value is -1.34. The third-order valence-corrected chi connectivity index (χ3v) is 3.86. The molecule has 2 heterocycles. The van der Waals surface area contributed by atoms with E-state index < -0.39 is 0 Å². The predicted octanol–water partition coefficient (Wildman–Crippen LogP) is 1.65. The van der Waals surface area contributed by atoms with Gasteiger partial charge in [-0.05, 0) is 26.8 Å². The van der Waals surface area contributed by atoms with Gasteiger partial charge in [0, 0.05) is 24.5 Å². The second kappa shape index (κ2) is 5.75. The molecule has 0 radical (unpaired) electrons. The maximum atomic E-state index is 5.69. The highest BCUT2D eigenvalue weighted by molar-refractivity contribution is 7.98. The van der Waals surface area contributed by atoms with Crippen molar-refractivity contribution in [1.29, 1.82) is 0 Å². The summed E-state index contributed by atoms with van der Waals surface area (Å²) in [6.45, 7) is 6.63. The minimum Gasteiger partial charge on any atom is -0.324 e. The molecular formula is C12H20N6S. The molecule has 2 aromatic heterocycles. The van der Waals surface area contributed by atoms with Gasteiger partial charge in [0.1, 0.15) is 5.82 Å². The van der Waals surface area contributed by atoms with Gasteiger partial charge in [0.15, 0.2) is 5.16 Å². The van der Waals surface area contributed by atoms with Crippen LogP contribution in [0.1, 0.15) is 37.1 Å². The monoisotopic (exact) mass is 280 g/mol. The number of aryl methyl sites for hydroxylation is 2. The number of hydrogen-bond acceptors (Lipinski definition) is 5. The lowest BCUT2D eigenvalue weighted by molar-refractivity contribution is 0.526. The summed E-state index contributed by atoms with van der Waals surface area (Å²) in [6.07, 6.45) is 0. The summed E-state index contributed by atoms with van der Waals surface area (Å²) < 4.78 is 4.00. The molecule has 6 nitrogen and oxygen atoms in total. The van der Waals surface area contributed by atoms with E-state index >= 15 is 0 Å². The van der Waals surface area contributed by atoms with E-state index in [9.17, 15) is 0 Å². The Bertz CT molecular complexity index is 557. The van der Waals surface area contributed by atoms with E-state index in [1.807, 2.05) is 18.7 Å². The minimum absolute atomic E-state index is 0.310. The minimum atomic E-state index is 0.310. The zero-order valence-corrected chi connectivity index (χ0v) is 12.6. The van der Waals surface area contributed by atoms with Gasteiger partial charge in [-0.15, -0.1) is 10.2 Å². The molecule has 0 atom stereocenters. The Morgan fingerprint density at radius 3 is 2.63 bits per heavy atom. The molecule has 2 rings (SSSR count). The summed E-state index contributed by atoms with van der Waals surface area (Å²) in [5.41, 5.74) is 7.90. The van der Waals surface area contributed by atoms with E-state index in [0.29, 0.717) is 12.6 Å². The first kappa shape index (κ1) is 14.1. The molecule has 0 saturated carbocycles. The van der Waals surface area contributed by atoms with Crippen molar-refractivity contribution in [1.82, 2.24) is 24.5 Å². The van der Waals surface area contributed by atoms with Gasteiger partial charge >= 0.3 is 0 Å². The second-order valence-electron chi connectivity index (χ2n) is 4.76. The molecular weight excluding hydrogens is 260 g/mol. The van der Waals surface area contributed by atoms with E-state index in [0.717, 1.165) is 22.4 Å². The van der Waals surface area contributed by atoms with Crippen LogP contribution in [0.4, 0.5) is 0 Å². The number of thioether (sulfide) groups is 1. The SMILES string of the molecule is Cc1cc(CSc2nnc(CN)n2C(C)C)n(C)n1. The molecule has 0 aliphatic carbocycles. The van der Waals surface area contributed by atoms with Crippen molar-refractivity contribution < 1.29 is 0 Å². The van der Waals surface area contributed by atoms with Crippen LogP contribution in [0.25, 0.3) is 0 Å². The smallest absolute Gasteiger partial charge is 0.191 e. The highest BCUT2D eigenvalue weighted by atomic mass is 32.2. The number of rotatable bonds is 5. The summed E-state index contributed by atoms with van der Waals surface area (Å²) >= 11 is 1.67. The second-order valence-corrected chi connectivity index (χ2v) is 5.70. The lowest BCUT2D eigenvalue weighted by Gasteiger charge is -2.12. The standard InChI is InChI=1S/C12H20N6S/c1-8(2)18-11(6-13)14-15-12(18)19-7-10-5-9(3)16-17(10)4/h5,8H,6-7,13H2,1-4H3. The van der Waals surface area contributed by atoms with Gasteiger partial charge in [0.25, 0.3) is 0 Å². The van der Waals surface area contributed by atoms with Crippen LogP contribution in [0, 0.1) is 6.92 Å². The first-order valence-electron chi connectivity index (χ1n) is 6.29. The average Bonchev–Trinajstić information content (AvgIpc) is 2.89. The quantitative estimate of drug-likeness (QED) is 0.843. The third kappa shape index (κ3) is 2.98. The fourth-order valence-corrected chi connectivity index (χ4v) is 3.10.